The van der Waals surface area contributed by atoms with Gasteiger partial charge in [0, 0.05) is 36.5 Å². The first-order valence-corrected chi connectivity index (χ1v) is 14.0. The van der Waals surface area contributed by atoms with Gasteiger partial charge in [0.2, 0.25) is 0 Å². The molecule has 2 heterocycles. The van der Waals surface area contributed by atoms with Crippen molar-refractivity contribution in [3.63, 3.8) is 0 Å². The Balaban J connectivity index is 1.94. The fraction of sp³-hybridized carbons (Fsp3) is 0.385. The van der Waals surface area contributed by atoms with Crippen molar-refractivity contribution >= 4 is 27.6 Å². The Morgan fingerprint density at radius 3 is 2.45 bits per heavy atom. The molecule has 14 heteroatoms. The number of likely N-dealkylation sites (tertiary alicyclic amines) is 1. The van der Waals surface area contributed by atoms with E-state index in [1.54, 1.807) is 0 Å². The Kier molecular flexibility index (Phi) is 7.53. The average Bonchev–Trinajstić information content (AvgIpc) is 3.33. The minimum atomic E-state index is -4.74. The highest BCUT2D eigenvalue weighted by molar-refractivity contribution is 7.94. The van der Waals surface area contributed by atoms with Crippen molar-refractivity contribution in [3.8, 4) is 12.1 Å². The van der Waals surface area contributed by atoms with Crippen molar-refractivity contribution in [2.75, 3.05) is 24.2 Å². The summed E-state index contributed by atoms with van der Waals surface area (Å²) in [4.78, 5) is 30.2. The molecule has 1 aromatic rings. The number of sulfone groups is 1. The third-order valence-electron chi connectivity index (χ3n) is 7.08. The Bertz CT molecular complexity index is 1550. The number of amides is 4. The fourth-order valence-corrected chi connectivity index (χ4v) is 6.31. The molecule has 1 saturated heterocycles. The van der Waals surface area contributed by atoms with E-state index in [1.807, 2.05) is 12.1 Å². The number of carbonyl (C=O) groups is 2. The Morgan fingerprint density at radius 1 is 1.20 bits per heavy atom. The lowest BCUT2D eigenvalue weighted by molar-refractivity contribution is -0.137. The second-order valence-corrected chi connectivity index (χ2v) is 11.7. The summed E-state index contributed by atoms with van der Waals surface area (Å²) >= 11 is 0. The number of halogens is 3. The number of nitrogens with zero attached hydrogens (tertiary/aromatic N) is 5. The van der Waals surface area contributed by atoms with Gasteiger partial charge in [0.25, 0.3) is 0 Å². The van der Waals surface area contributed by atoms with Crippen LogP contribution >= 0.6 is 0 Å². The number of rotatable bonds is 3. The molecule has 2 aliphatic heterocycles. The van der Waals surface area contributed by atoms with Crippen LogP contribution in [0.2, 0.25) is 0 Å². The number of aliphatic hydroxyl groups is 1. The number of alkyl halides is 3. The largest absolute Gasteiger partial charge is 0.416 e. The molecule has 0 bridgehead atoms. The number of aliphatic hydroxyl groups excluding tert-OH is 1. The Morgan fingerprint density at radius 2 is 1.90 bits per heavy atom. The molecule has 0 aromatic heterocycles. The van der Waals surface area contributed by atoms with Crippen molar-refractivity contribution in [3.05, 3.63) is 63.7 Å². The van der Waals surface area contributed by atoms with Crippen molar-refractivity contribution in [2.24, 2.45) is 5.92 Å². The third-order valence-corrected chi connectivity index (χ3v) is 8.36. The SMILES string of the molecule is CC1=C(C#N)[C@@H](C2CC=C(C#N)C=C2S(C)(=O)=O)N(C(=O)N2CC[C@@H](O)C2)C(=O)N1c1cccc(C(F)(F)F)c1. The van der Waals surface area contributed by atoms with Gasteiger partial charge in [-0.15, -0.1) is 0 Å². The highest BCUT2D eigenvalue weighted by atomic mass is 32.2. The fourth-order valence-electron chi connectivity index (χ4n) is 5.19. The van der Waals surface area contributed by atoms with Gasteiger partial charge < -0.3 is 10.0 Å². The molecule has 1 aliphatic carbocycles. The average molecular weight is 576 g/mol. The van der Waals surface area contributed by atoms with Gasteiger partial charge in [-0.2, -0.15) is 23.7 Å². The van der Waals surface area contributed by atoms with Gasteiger partial charge >= 0.3 is 18.2 Å². The van der Waals surface area contributed by atoms with Crippen LogP contribution in [0.25, 0.3) is 0 Å². The predicted molar refractivity (Wildman–Crippen MR) is 136 cm³/mol. The molecule has 1 fully saturated rings. The van der Waals surface area contributed by atoms with Gasteiger partial charge in [-0.05, 0) is 44.0 Å². The summed E-state index contributed by atoms with van der Waals surface area (Å²) in [5.41, 5.74) is -1.56. The molecule has 210 valence electrons. The van der Waals surface area contributed by atoms with Crippen LogP contribution in [0, 0.1) is 28.6 Å². The van der Waals surface area contributed by atoms with E-state index in [0.717, 1.165) is 29.4 Å². The predicted octanol–water partition coefficient (Wildman–Crippen LogP) is 3.70. The zero-order valence-electron chi connectivity index (χ0n) is 21.4. The lowest BCUT2D eigenvalue weighted by Gasteiger charge is -2.45. The summed E-state index contributed by atoms with van der Waals surface area (Å²) in [5, 5.41) is 29.6. The lowest BCUT2D eigenvalue weighted by atomic mass is 9.83. The molecular formula is C26H24F3N5O5S. The summed E-state index contributed by atoms with van der Waals surface area (Å²) in [6, 6.07) is 4.15. The standard InChI is InChI=1S/C26H24F3N5O5S/c1-15-21(13-31)23(20-7-6-16(12-30)10-22(20)40(2,38)39)34(24(36)32-9-8-19(35)14-32)25(37)33(15)18-5-3-4-17(11-18)26(27,28)29/h3-6,10-11,19-20,23,35H,7-9,14H2,1-2H3/t19-,20?,23-/m1/s1. The van der Waals surface area contributed by atoms with Gasteiger partial charge in [-0.1, -0.05) is 12.1 Å². The first-order chi connectivity index (χ1) is 18.7. The molecule has 1 aromatic carbocycles. The maximum absolute atomic E-state index is 14.0. The molecule has 40 heavy (non-hydrogen) atoms. The summed E-state index contributed by atoms with van der Waals surface area (Å²) in [6.07, 6.45) is -2.07. The number of benzene rings is 1. The molecule has 10 nitrogen and oxygen atoms in total. The van der Waals surface area contributed by atoms with Crippen molar-refractivity contribution in [1.82, 2.24) is 9.80 Å². The molecule has 3 aliphatic rings. The van der Waals surface area contributed by atoms with E-state index in [-0.39, 0.29) is 53.4 Å². The topological polar surface area (TPSA) is 146 Å². The first kappa shape index (κ1) is 28.9. The molecule has 3 atom stereocenters. The summed E-state index contributed by atoms with van der Waals surface area (Å²) in [5.74, 6) is -1.15. The number of carbonyl (C=O) groups excluding carboxylic acids is 2. The van der Waals surface area contributed by atoms with Crippen molar-refractivity contribution in [1.29, 1.82) is 10.5 Å². The number of anilines is 1. The maximum Gasteiger partial charge on any atom is 0.416 e. The summed E-state index contributed by atoms with van der Waals surface area (Å²) < 4.78 is 66.1. The van der Waals surface area contributed by atoms with Crippen LogP contribution < -0.4 is 4.90 Å². The van der Waals surface area contributed by atoms with E-state index in [1.165, 1.54) is 24.0 Å². The third kappa shape index (κ3) is 5.20. The zero-order valence-corrected chi connectivity index (χ0v) is 22.2. The summed E-state index contributed by atoms with van der Waals surface area (Å²) in [6.45, 7) is 1.25. The van der Waals surface area contributed by atoms with Gasteiger partial charge in [0.05, 0.1) is 46.0 Å². The molecular weight excluding hydrogens is 551 g/mol. The molecule has 0 saturated carbocycles. The van der Waals surface area contributed by atoms with Gasteiger partial charge in [-0.3, -0.25) is 4.90 Å². The first-order valence-electron chi connectivity index (χ1n) is 12.1. The van der Waals surface area contributed by atoms with Crippen LogP contribution in [0.5, 0.6) is 0 Å². The van der Waals surface area contributed by atoms with E-state index < -0.39 is 51.7 Å². The highest BCUT2D eigenvalue weighted by Gasteiger charge is 2.50. The highest BCUT2D eigenvalue weighted by Crippen LogP contribution is 2.42. The minimum absolute atomic E-state index is 0.0455. The van der Waals surface area contributed by atoms with Crippen molar-refractivity contribution < 1.29 is 36.3 Å². The molecule has 0 radical (unpaired) electrons. The van der Waals surface area contributed by atoms with E-state index in [0.29, 0.717) is 11.0 Å². The number of hydrogen-bond donors (Lipinski definition) is 1. The molecule has 4 amide bonds. The van der Waals surface area contributed by atoms with E-state index >= 15 is 0 Å². The number of urea groups is 2. The number of allylic oxidation sites excluding steroid dienone is 4. The van der Waals surface area contributed by atoms with Crippen molar-refractivity contribution in [2.45, 2.75) is 38.1 Å². The smallest absolute Gasteiger partial charge is 0.391 e. The Hall–Kier alpha value is -4.14. The van der Waals surface area contributed by atoms with Gasteiger partial charge in [-0.25, -0.2) is 22.9 Å². The number of nitriles is 2. The number of imide groups is 1. The van der Waals surface area contributed by atoms with Gasteiger partial charge in [0.15, 0.2) is 9.84 Å². The number of hydrogen-bond acceptors (Lipinski definition) is 7. The van der Waals surface area contributed by atoms with E-state index in [9.17, 15) is 46.8 Å². The minimum Gasteiger partial charge on any atom is -0.391 e. The summed E-state index contributed by atoms with van der Waals surface area (Å²) in [7, 11) is -4.00. The van der Waals surface area contributed by atoms with Crippen LogP contribution in [-0.4, -0.2) is 66.9 Å². The quantitative estimate of drug-likeness (QED) is 0.578. The number of β-amino-alcohol motifs (C(OH)–C–C–N with tert-alkyl or cyclic N) is 1. The van der Waals surface area contributed by atoms with Crippen LogP contribution in [-0.2, 0) is 16.0 Å². The maximum atomic E-state index is 14.0. The molecule has 0 spiro atoms. The van der Waals surface area contributed by atoms with Gasteiger partial charge in [0.1, 0.15) is 0 Å². The van der Waals surface area contributed by atoms with E-state index in [2.05, 4.69) is 0 Å². The lowest BCUT2D eigenvalue weighted by Crippen LogP contribution is -2.61. The second kappa shape index (κ2) is 10.4. The molecule has 4 rings (SSSR count). The monoisotopic (exact) mass is 575 g/mol. The normalized spacial score (nSPS) is 23.9. The van der Waals surface area contributed by atoms with Crippen LogP contribution in [0.4, 0.5) is 28.4 Å². The zero-order chi connectivity index (χ0) is 29.6. The molecule has 1 unspecified atom stereocenters. The Labute approximate surface area is 228 Å². The van der Waals surface area contributed by atoms with Crippen LogP contribution in [0.1, 0.15) is 25.3 Å². The second-order valence-electron chi connectivity index (χ2n) is 9.70. The van der Waals surface area contributed by atoms with Crippen LogP contribution in [0.3, 0.4) is 0 Å². The van der Waals surface area contributed by atoms with Crippen LogP contribution in [0.15, 0.2) is 58.2 Å². The van der Waals surface area contributed by atoms with E-state index in [4.69, 9.17) is 0 Å². The molecule has 1 N–H and O–H groups in total.